The van der Waals surface area contributed by atoms with E-state index in [4.69, 9.17) is 38.0 Å². The fraction of sp³-hybridized carbons (Fsp3) is 0.0833. The van der Waals surface area contributed by atoms with Gasteiger partial charge in [-0.1, -0.05) is 41.9 Å². The highest BCUT2D eigenvalue weighted by atomic mass is 35.5. The maximum Gasteiger partial charge on any atom is 0.239 e. The van der Waals surface area contributed by atoms with Crippen LogP contribution < -0.4 is 10.4 Å². The van der Waals surface area contributed by atoms with Gasteiger partial charge in [-0.2, -0.15) is 10.1 Å². The van der Waals surface area contributed by atoms with Crippen molar-refractivity contribution in [1.29, 1.82) is 0 Å². The molecule has 1 unspecified atom stereocenters. The molecule has 1 N–H and O–H groups in total. The number of aromatic nitrogens is 2. The smallest absolute Gasteiger partial charge is 0.239 e. The van der Waals surface area contributed by atoms with Crippen molar-refractivity contribution in [3.63, 3.8) is 0 Å². The summed E-state index contributed by atoms with van der Waals surface area (Å²) in [7, 11) is 0. The number of nitrogens with one attached hydrogen (secondary N) is 1. The molecule has 2 heterocycles. The van der Waals surface area contributed by atoms with E-state index in [1.807, 2.05) is 91.3 Å². The molecule has 1 aliphatic rings. The van der Waals surface area contributed by atoms with Gasteiger partial charge in [-0.3, -0.25) is 0 Å². The van der Waals surface area contributed by atoms with Gasteiger partial charge < -0.3 is 9.61 Å². The van der Waals surface area contributed by atoms with Crippen molar-refractivity contribution < 1.29 is 4.52 Å². The molecule has 160 valence electrons. The molecule has 8 heteroatoms. The van der Waals surface area contributed by atoms with Crippen LogP contribution in [0.2, 0.25) is 5.02 Å². The molecule has 1 aliphatic heterocycles. The molecule has 5 rings (SSSR count). The first kappa shape index (κ1) is 21.0. The van der Waals surface area contributed by atoms with Gasteiger partial charge in [0.15, 0.2) is 5.82 Å². The number of rotatable bonds is 4. The minimum atomic E-state index is -2.78. The van der Waals surface area contributed by atoms with Crippen LogP contribution in [0.4, 0.5) is 11.5 Å². The molecular formula is C24H20ClN4OPS. The van der Waals surface area contributed by atoms with Crippen molar-refractivity contribution in [3.8, 4) is 5.69 Å². The van der Waals surface area contributed by atoms with Crippen LogP contribution in [-0.2, 0) is 16.3 Å². The van der Waals surface area contributed by atoms with Crippen LogP contribution in [0.15, 0.2) is 83.9 Å². The Bertz CT molecular complexity index is 1380. The van der Waals surface area contributed by atoms with E-state index in [2.05, 4.69) is 11.2 Å². The first-order valence-corrected chi connectivity index (χ1v) is 13.2. The van der Waals surface area contributed by atoms with Crippen LogP contribution in [0.5, 0.6) is 0 Å². The highest BCUT2D eigenvalue weighted by Crippen LogP contribution is 2.53. The van der Waals surface area contributed by atoms with Gasteiger partial charge in [0.2, 0.25) is 12.3 Å². The minimum absolute atomic E-state index is 0.453. The van der Waals surface area contributed by atoms with Gasteiger partial charge in [0.1, 0.15) is 5.30 Å². The third-order valence-corrected chi connectivity index (χ3v) is 8.50. The Balaban J connectivity index is 1.70. The normalized spacial score (nSPS) is 17.3. The van der Waals surface area contributed by atoms with Crippen LogP contribution in [0.25, 0.3) is 5.69 Å². The third kappa shape index (κ3) is 3.86. The highest BCUT2D eigenvalue weighted by Gasteiger charge is 2.37. The lowest BCUT2D eigenvalue weighted by molar-refractivity contribution is 0.618. The average Bonchev–Trinajstić information content (AvgIpc) is 3.12. The molecule has 0 fully saturated rings. The highest BCUT2D eigenvalue weighted by molar-refractivity contribution is 8.16. The molecule has 1 atom stereocenters. The van der Waals surface area contributed by atoms with Crippen molar-refractivity contribution in [3.05, 3.63) is 101 Å². The summed E-state index contributed by atoms with van der Waals surface area (Å²) < 4.78 is 8.30. The van der Waals surface area contributed by atoms with Gasteiger partial charge in [0.05, 0.1) is 11.4 Å². The summed E-state index contributed by atoms with van der Waals surface area (Å²) in [6.45, 7) is 4.00. The third-order valence-electron chi connectivity index (χ3n) is 5.11. The van der Waals surface area contributed by atoms with E-state index >= 15 is 0 Å². The first-order chi connectivity index (χ1) is 15.4. The van der Waals surface area contributed by atoms with E-state index in [-0.39, 0.29) is 0 Å². The summed E-state index contributed by atoms with van der Waals surface area (Å²) in [5.41, 5.74) is 4.56. The quantitative estimate of drug-likeness (QED) is 0.350. The summed E-state index contributed by atoms with van der Waals surface area (Å²) in [5, 5.41) is 9.78. The molecule has 3 aromatic carbocycles. The number of hydrogen-bond donors (Lipinski definition) is 1. The maximum absolute atomic E-state index is 6.47. The summed E-state index contributed by atoms with van der Waals surface area (Å²) in [6, 6.07) is 25.4. The Hall–Kier alpha value is -2.92. The molecule has 32 heavy (non-hydrogen) atoms. The Morgan fingerprint density at radius 2 is 1.72 bits per heavy atom. The zero-order chi connectivity index (χ0) is 22.3. The van der Waals surface area contributed by atoms with Gasteiger partial charge in [0, 0.05) is 16.3 Å². The number of fused-ring (bicyclic) bond motifs is 1. The van der Waals surface area contributed by atoms with Gasteiger partial charge in [-0.15, -0.1) is 0 Å². The Kier molecular flexibility index (Phi) is 5.38. The molecule has 0 aliphatic carbocycles. The number of anilines is 1. The molecule has 0 spiro atoms. The number of aryl methyl sites for hydroxylation is 2. The van der Waals surface area contributed by atoms with Crippen molar-refractivity contribution in [1.82, 2.24) is 9.78 Å². The van der Waals surface area contributed by atoms with E-state index in [1.54, 1.807) is 0 Å². The molecule has 1 aromatic heterocycles. The SMILES string of the molecule is Cc1cccc(NP2(=S)OC(c3ccc(Cl)cc3)=Nc3c2c(C)nn3-c2ccccc2)c1. The molecule has 5 nitrogen and oxygen atoms in total. The standard InChI is InChI=1S/C24H20ClN4OPS/c1-16-7-6-8-20(15-16)28-31(32)22-17(2)27-29(21-9-4-3-5-10-21)23(22)26-24(30-31)18-11-13-19(25)14-12-18/h3-15H,1-2H3,(H,28,32). The Morgan fingerprint density at radius 1 is 0.969 bits per heavy atom. The van der Waals surface area contributed by atoms with Gasteiger partial charge >= 0.3 is 0 Å². The summed E-state index contributed by atoms with van der Waals surface area (Å²) >= 11 is 12.3. The van der Waals surface area contributed by atoms with Crippen molar-refractivity contribution in [2.45, 2.75) is 13.8 Å². The van der Waals surface area contributed by atoms with Crippen LogP contribution in [0.3, 0.4) is 0 Å². The minimum Gasteiger partial charge on any atom is -0.426 e. The van der Waals surface area contributed by atoms with E-state index in [1.165, 1.54) is 0 Å². The van der Waals surface area contributed by atoms with Gasteiger partial charge in [-0.05, 0) is 79.7 Å². The number of halogens is 1. The lowest BCUT2D eigenvalue weighted by Gasteiger charge is -2.29. The summed E-state index contributed by atoms with van der Waals surface area (Å²) in [4.78, 5) is 4.87. The lowest BCUT2D eigenvalue weighted by atomic mass is 10.2. The van der Waals surface area contributed by atoms with E-state index in [0.717, 1.165) is 33.5 Å². The molecule has 4 aromatic rings. The van der Waals surface area contributed by atoms with Gasteiger partial charge in [-0.25, -0.2) is 4.68 Å². The average molecular weight is 479 g/mol. The van der Waals surface area contributed by atoms with E-state index in [0.29, 0.717) is 16.7 Å². The summed E-state index contributed by atoms with van der Waals surface area (Å²) in [6.07, 6.45) is -2.78. The fourth-order valence-corrected chi connectivity index (χ4v) is 6.95. The molecule has 0 radical (unpaired) electrons. The van der Waals surface area contributed by atoms with Crippen LogP contribution in [0.1, 0.15) is 16.8 Å². The first-order valence-electron chi connectivity index (χ1n) is 10.1. The topological polar surface area (TPSA) is 51.4 Å². The molecular weight excluding hydrogens is 459 g/mol. The number of hydrogen-bond acceptors (Lipinski definition) is 4. The largest absolute Gasteiger partial charge is 0.426 e. The Labute approximate surface area is 196 Å². The number of nitrogens with zero attached hydrogens (tertiary/aromatic N) is 3. The summed E-state index contributed by atoms with van der Waals surface area (Å²) in [5.74, 6) is 1.14. The van der Waals surface area contributed by atoms with Crippen LogP contribution in [0, 0.1) is 13.8 Å². The van der Waals surface area contributed by atoms with Crippen molar-refractivity contribution in [2.24, 2.45) is 4.99 Å². The number of para-hydroxylation sites is 1. The van der Waals surface area contributed by atoms with E-state index < -0.39 is 6.42 Å². The molecule has 0 saturated heterocycles. The van der Waals surface area contributed by atoms with Crippen LogP contribution in [-0.4, -0.2) is 15.7 Å². The number of aliphatic imine (C=N–C) groups is 1. The lowest BCUT2D eigenvalue weighted by Crippen LogP contribution is -2.23. The second-order valence-corrected chi connectivity index (χ2v) is 11.5. The fourth-order valence-electron chi connectivity index (χ4n) is 3.66. The monoisotopic (exact) mass is 478 g/mol. The molecule has 0 amide bonds. The predicted octanol–water partition coefficient (Wildman–Crippen LogP) is 6.30. The maximum atomic E-state index is 6.47. The number of benzene rings is 3. The zero-order valence-electron chi connectivity index (χ0n) is 17.5. The van der Waals surface area contributed by atoms with E-state index in [9.17, 15) is 0 Å². The predicted molar refractivity (Wildman–Crippen MR) is 136 cm³/mol. The van der Waals surface area contributed by atoms with Crippen LogP contribution >= 0.6 is 18.0 Å². The Morgan fingerprint density at radius 3 is 2.44 bits per heavy atom. The van der Waals surface area contributed by atoms with Crippen molar-refractivity contribution in [2.75, 3.05) is 5.09 Å². The second kappa shape index (κ2) is 8.21. The van der Waals surface area contributed by atoms with Gasteiger partial charge in [0.25, 0.3) is 0 Å². The molecule has 0 saturated carbocycles. The zero-order valence-corrected chi connectivity index (χ0v) is 20.0. The van der Waals surface area contributed by atoms with Crippen molar-refractivity contribution >= 4 is 52.5 Å². The second-order valence-electron chi connectivity index (χ2n) is 7.55. The molecule has 0 bridgehead atoms.